The molecule has 7 atom stereocenters. The van der Waals surface area contributed by atoms with Crippen LogP contribution in [0.2, 0.25) is 0 Å². The number of aryl methyl sites for hydroxylation is 1. The number of aromatic nitrogens is 1. The summed E-state index contributed by atoms with van der Waals surface area (Å²) in [6.07, 6.45) is -0.965. The smallest absolute Gasteiger partial charge is 0.270 e. The standard InChI is InChI=1S/C17H25ClN2O5S/c1-4-9-5-6-19-10(7-9)16(24)20-11(8(2)18)15-13(22)12(21)14(23)17(25-15)26-3/h5-8,11-15,17,21-23H,4H2,1-3H3,(H,20,24)/t8-,11+,12-,13+,14+,15+,17+/m0/s1. The molecule has 0 radical (unpaired) electrons. The Kier molecular flexibility index (Phi) is 7.69. The topological polar surface area (TPSA) is 112 Å². The van der Waals surface area contributed by atoms with Crippen molar-refractivity contribution in [1.29, 1.82) is 0 Å². The van der Waals surface area contributed by atoms with Crippen LogP contribution in [0.25, 0.3) is 0 Å². The van der Waals surface area contributed by atoms with Crippen molar-refractivity contribution in [3.63, 3.8) is 0 Å². The van der Waals surface area contributed by atoms with E-state index >= 15 is 0 Å². The predicted octanol–water partition coefficient (Wildman–Crippen LogP) is 0.540. The predicted molar refractivity (Wildman–Crippen MR) is 100 cm³/mol. The third kappa shape index (κ3) is 4.68. The van der Waals surface area contributed by atoms with Gasteiger partial charge in [-0.05, 0) is 37.3 Å². The van der Waals surface area contributed by atoms with E-state index in [1.54, 1.807) is 25.4 Å². The van der Waals surface area contributed by atoms with Crippen LogP contribution in [0.1, 0.15) is 29.9 Å². The number of carbonyl (C=O) groups is 1. The molecule has 0 saturated carbocycles. The number of alkyl halides is 1. The summed E-state index contributed by atoms with van der Waals surface area (Å²) in [6.45, 7) is 3.63. The molecular weight excluding hydrogens is 380 g/mol. The fourth-order valence-corrected chi connectivity index (χ4v) is 3.75. The zero-order valence-electron chi connectivity index (χ0n) is 14.9. The van der Waals surface area contributed by atoms with Crippen molar-refractivity contribution in [1.82, 2.24) is 10.3 Å². The highest BCUT2D eigenvalue weighted by molar-refractivity contribution is 7.99. The Bertz CT molecular complexity index is 619. The van der Waals surface area contributed by atoms with Gasteiger partial charge in [0.25, 0.3) is 5.91 Å². The number of rotatable bonds is 6. The lowest BCUT2D eigenvalue weighted by Gasteiger charge is -2.43. The molecule has 1 saturated heterocycles. The maximum absolute atomic E-state index is 12.6. The Morgan fingerprint density at radius 3 is 2.65 bits per heavy atom. The summed E-state index contributed by atoms with van der Waals surface area (Å²) in [7, 11) is 0. The van der Waals surface area contributed by atoms with Gasteiger partial charge >= 0.3 is 0 Å². The van der Waals surface area contributed by atoms with Gasteiger partial charge < -0.3 is 25.4 Å². The summed E-state index contributed by atoms with van der Waals surface area (Å²) in [6, 6.07) is 2.73. The lowest BCUT2D eigenvalue weighted by molar-refractivity contribution is -0.204. The van der Waals surface area contributed by atoms with Crippen LogP contribution in [0.4, 0.5) is 0 Å². The first-order valence-corrected chi connectivity index (χ1v) is 10.1. The fraction of sp³-hybridized carbons (Fsp3) is 0.647. The lowest BCUT2D eigenvalue weighted by Crippen LogP contribution is -2.64. The summed E-state index contributed by atoms with van der Waals surface area (Å²) in [4.78, 5) is 16.7. The molecule has 0 spiro atoms. The zero-order valence-corrected chi connectivity index (χ0v) is 16.4. The molecule has 1 fully saturated rings. The van der Waals surface area contributed by atoms with Crippen LogP contribution < -0.4 is 5.32 Å². The van der Waals surface area contributed by atoms with Gasteiger partial charge in [0.2, 0.25) is 0 Å². The van der Waals surface area contributed by atoms with Crippen molar-refractivity contribution >= 4 is 29.3 Å². The van der Waals surface area contributed by atoms with E-state index in [9.17, 15) is 20.1 Å². The average Bonchev–Trinajstić information content (AvgIpc) is 2.64. The summed E-state index contributed by atoms with van der Waals surface area (Å²) in [5.41, 5.74) is 0.462. The molecule has 0 bridgehead atoms. The molecule has 9 heteroatoms. The first kappa shape index (κ1) is 21.4. The SMILES string of the molecule is CCc1ccnc(C(=O)N[C@@H]([C@H]2O[C@H](SC)[C@H](O)[C@@H](O)[C@H]2O)[C@H](C)Cl)c1. The third-order valence-electron chi connectivity index (χ3n) is 4.45. The van der Waals surface area contributed by atoms with Gasteiger partial charge in [0, 0.05) is 6.20 Å². The minimum absolute atomic E-state index is 0.235. The number of aliphatic hydroxyl groups is 3. The molecule has 26 heavy (non-hydrogen) atoms. The van der Waals surface area contributed by atoms with E-state index in [-0.39, 0.29) is 5.69 Å². The highest BCUT2D eigenvalue weighted by atomic mass is 35.5. The number of hydrogen-bond acceptors (Lipinski definition) is 7. The third-order valence-corrected chi connectivity index (χ3v) is 5.58. The highest BCUT2D eigenvalue weighted by Gasteiger charge is 2.47. The van der Waals surface area contributed by atoms with Crippen molar-refractivity contribution in [3.8, 4) is 0 Å². The van der Waals surface area contributed by atoms with Crippen molar-refractivity contribution in [2.45, 2.75) is 61.5 Å². The van der Waals surface area contributed by atoms with Gasteiger partial charge in [-0.15, -0.1) is 23.4 Å². The molecule has 2 rings (SSSR count). The number of aliphatic hydroxyl groups excluding tert-OH is 3. The van der Waals surface area contributed by atoms with Crippen LogP contribution in [-0.4, -0.2) is 73.7 Å². The van der Waals surface area contributed by atoms with E-state index in [1.807, 2.05) is 13.0 Å². The summed E-state index contributed by atoms with van der Waals surface area (Å²) < 4.78 is 5.72. The Balaban J connectivity index is 2.20. The van der Waals surface area contributed by atoms with E-state index in [2.05, 4.69) is 10.3 Å². The van der Waals surface area contributed by atoms with Crippen LogP contribution in [0, 0.1) is 0 Å². The molecule has 0 aliphatic carbocycles. The van der Waals surface area contributed by atoms with Gasteiger partial charge in [-0.2, -0.15) is 0 Å². The van der Waals surface area contributed by atoms with Crippen LogP contribution in [0.15, 0.2) is 18.3 Å². The molecular formula is C17H25ClN2O5S. The largest absolute Gasteiger partial charge is 0.388 e. The average molecular weight is 405 g/mol. The number of hydrogen-bond donors (Lipinski definition) is 4. The fourth-order valence-electron chi connectivity index (χ4n) is 2.87. The van der Waals surface area contributed by atoms with Crippen LogP contribution in [0.5, 0.6) is 0 Å². The van der Waals surface area contributed by atoms with Crippen molar-refractivity contribution < 1.29 is 24.9 Å². The number of halogens is 1. The molecule has 1 amide bonds. The molecule has 0 aromatic carbocycles. The molecule has 0 unspecified atom stereocenters. The van der Waals surface area contributed by atoms with Gasteiger partial charge in [0.1, 0.15) is 35.5 Å². The van der Waals surface area contributed by atoms with E-state index < -0.39 is 47.2 Å². The number of pyridine rings is 1. The lowest BCUT2D eigenvalue weighted by atomic mass is 9.93. The molecule has 1 aliphatic rings. The second kappa shape index (κ2) is 9.34. The first-order chi connectivity index (χ1) is 12.3. The van der Waals surface area contributed by atoms with Crippen molar-refractivity contribution in [2.24, 2.45) is 0 Å². The van der Waals surface area contributed by atoms with Gasteiger partial charge in [0.05, 0.1) is 11.4 Å². The number of ether oxygens (including phenoxy) is 1. The van der Waals surface area contributed by atoms with Gasteiger partial charge in [-0.25, -0.2) is 0 Å². The second-order valence-electron chi connectivity index (χ2n) is 6.26. The normalized spacial score (nSPS) is 31.3. The minimum atomic E-state index is -1.40. The van der Waals surface area contributed by atoms with Crippen LogP contribution in [-0.2, 0) is 11.2 Å². The van der Waals surface area contributed by atoms with Crippen LogP contribution >= 0.6 is 23.4 Å². The van der Waals surface area contributed by atoms with Crippen LogP contribution in [0.3, 0.4) is 0 Å². The first-order valence-electron chi connectivity index (χ1n) is 8.42. The summed E-state index contributed by atoms with van der Waals surface area (Å²) >= 11 is 7.43. The van der Waals surface area contributed by atoms with Crippen molar-refractivity contribution in [2.75, 3.05) is 6.26 Å². The van der Waals surface area contributed by atoms with Gasteiger partial charge in [-0.3, -0.25) is 9.78 Å². The number of carbonyl (C=O) groups excluding carboxylic acids is 1. The van der Waals surface area contributed by atoms with E-state index in [1.165, 1.54) is 11.8 Å². The van der Waals surface area contributed by atoms with Gasteiger partial charge in [-0.1, -0.05) is 6.92 Å². The van der Waals surface area contributed by atoms with E-state index in [0.717, 1.165) is 12.0 Å². The maximum Gasteiger partial charge on any atom is 0.270 e. The number of nitrogens with one attached hydrogen (secondary N) is 1. The highest BCUT2D eigenvalue weighted by Crippen LogP contribution is 2.30. The molecule has 1 aromatic rings. The Labute approximate surface area is 162 Å². The minimum Gasteiger partial charge on any atom is -0.388 e. The van der Waals surface area contributed by atoms with E-state index in [0.29, 0.717) is 0 Å². The molecule has 146 valence electrons. The van der Waals surface area contributed by atoms with Gasteiger partial charge in [0.15, 0.2) is 0 Å². The Hall–Kier alpha value is -0.900. The second-order valence-corrected chi connectivity index (χ2v) is 7.88. The molecule has 2 heterocycles. The molecule has 4 N–H and O–H groups in total. The maximum atomic E-state index is 12.6. The number of amides is 1. The number of nitrogens with zero attached hydrogens (tertiary/aromatic N) is 1. The van der Waals surface area contributed by atoms with E-state index in [4.69, 9.17) is 16.3 Å². The quantitative estimate of drug-likeness (QED) is 0.512. The summed E-state index contributed by atoms with van der Waals surface area (Å²) in [5.74, 6) is -0.449. The number of thioether (sulfide) groups is 1. The zero-order chi connectivity index (χ0) is 19.4. The molecule has 1 aromatic heterocycles. The monoisotopic (exact) mass is 404 g/mol. The van der Waals surface area contributed by atoms with Crippen molar-refractivity contribution in [3.05, 3.63) is 29.6 Å². The Morgan fingerprint density at radius 1 is 1.38 bits per heavy atom. The molecule has 7 nitrogen and oxygen atoms in total. The summed E-state index contributed by atoms with van der Waals surface area (Å²) in [5, 5.41) is 32.6. The molecule has 1 aliphatic heterocycles. The Morgan fingerprint density at radius 2 is 2.08 bits per heavy atom.